The third kappa shape index (κ3) is 7.96. The predicted molar refractivity (Wildman–Crippen MR) is 94.0 cm³/mol. The van der Waals surface area contributed by atoms with E-state index in [9.17, 15) is 9.00 Å². The number of nitrogens with zero attached hydrogens (tertiary/aromatic N) is 1. The summed E-state index contributed by atoms with van der Waals surface area (Å²) in [6.07, 6.45) is 1.54. The van der Waals surface area contributed by atoms with Crippen LogP contribution in [-0.4, -0.2) is 52.5 Å². The molecule has 23 heavy (non-hydrogen) atoms. The van der Waals surface area contributed by atoms with Gasteiger partial charge in [0.25, 0.3) is 0 Å². The van der Waals surface area contributed by atoms with Crippen molar-refractivity contribution in [1.29, 1.82) is 0 Å². The zero-order chi connectivity index (χ0) is 17.2. The van der Waals surface area contributed by atoms with Gasteiger partial charge in [0.2, 0.25) is 5.91 Å². The Balaban J connectivity index is 2.15. The number of carbonyl (C=O) groups is 1. The van der Waals surface area contributed by atoms with Gasteiger partial charge in [0.05, 0.1) is 17.6 Å². The summed E-state index contributed by atoms with van der Waals surface area (Å²) in [6, 6.07) is 0. The van der Waals surface area contributed by atoms with E-state index in [4.69, 9.17) is 4.74 Å². The molecule has 1 atom stereocenters. The molecule has 0 aromatic heterocycles. The Morgan fingerprint density at radius 2 is 1.96 bits per heavy atom. The van der Waals surface area contributed by atoms with E-state index in [1.54, 1.807) is 0 Å². The van der Waals surface area contributed by atoms with Gasteiger partial charge in [0.1, 0.15) is 6.61 Å². The predicted octanol–water partition coefficient (Wildman–Crippen LogP) is 1.56. The minimum atomic E-state index is -0.931. The van der Waals surface area contributed by atoms with Gasteiger partial charge < -0.3 is 10.1 Å². The quantitative estimate of drug-likeness (QED) is 0.564. The lowest BCUT2D eigenvalue weighted by atomic mass is 9.97. The number of rotatable bonds is 7. The summed E-state index contributed by atoms with van der Waals surface area (Å²) < 4.78 is 19.4. The monoisotopic (exact) mass is 342 g/mol. The molecule has 1 amide bonds. The fraction of sp³-hybridized carbons (Fsp3) is 0.824. The Labute approximate surface area is 143 Å². The Kier molecular flexibility index (Phi) is 9.46. The zero-order valence-corrected chi connectivity index (χ0v) is 15.6. The first kappa shape index (κ1) is 20.1. The first-order valence-electron chi connectivity index (χ1n) is 8.41. The molecule has 1 unspecified atom stereocenters. The Morgan fingerprint density at radius 3 is 2.52 bits per heavy atom. The Bertz CT molecular complexity index is 446. The van der Waals surface area contributed by atoms with E-state index in [-0.39, 0.29) is 17.1 Å². The number of carbonyl (C=O) groups excluding carboxylic acids is 1. The molecule has 1 N–H and O–H groups in total. The standard InChI is InChI=1S/C17H30N2O3S/c1-14(2)6-5-12-22-13-9-18-17(20)16-7-10-19(11-8-16)23(21)15(3)4/h14-16H,7-13H2,1-4H3,(H,18,20). The number of piperidine rings is 1. The molecule has 1 fully saturated rings. The molecule has 0 aromatic rings. The van der Waals surface area contributed by atoms with Crippen molar-refractivity contribution in [2.75, 3.05) is 32.8 Å². The molecule has 0 aliphatic carbocycles. The van der Waals surface area contributed by atoms with Gasteiger partial charge in [-0.15, -0.1) is 0 Å². The average molecular weight is 343 g/mol. The van der Waals surface area contributed by atoms with Crippen LogP contribution in [0.15, 0.2) is 0 Å². The van der Waals surface area contributed by atoms with Crippen molar-refractivity contribution in [3.05, 3.63) is 0 Å². The molecule has 1 aliphatic heterocycles. The molecular weight excluding hydrogens is 312 g/mol. The van der Waals surface area contributed by atoms with E-state index in [1.807, 2.05) is 32.0 Å². The summed E-state index contributed by atoms with van der Waals surface area (Å²) in [4.78, 5) is 12.1. The van der Waals surface area contributed by atoms with Crippen LogP contribution in [-0.2, 0) is 20.5 Å². The molecule has 6 heteroatoms. The van der Waals surface area contributed by atoms with E-state index in [1.165, 1.54) is 0 Å². The topological polar surface area (TPSA) is 58.6 Å². The minimum Gasteiger partial charge on any atom is -0.367 e. The lowest BCUT2D eigenvalue weighted by Crippen LogP contribution is -2.43. The van der Waals surface area contributed by atoms with Crippen molar-refractivity contribution in [2.45, 2.75) is 45.8 Å². The van der Waals surface area contributed by atoms with Crippen molar-refractivity contribution in [1.82, 2.24) is 9.62 Å². The molecule has 1 rings (SSSR count). The first-order chi connectivity index (χ1) is 10.9. The van der Waals surface area contributed by atoms with Gasteiger partial charge in [-0.05, 0) is 26.7 Å². The smallest absolute Gasteiger partial charge is 0.223 e. The van der Waals surface area contributed by atoms with Gasteiger partial charge in [-0.2, -0.15) is 0 Å². The fourth-order valence-electron chi connectivity index (χ4n) is 2.36. The lowest BCUT2D eigenvalue weighted by Gasteiger charge is -2.31. The summed E-state index contributed by atoms with van der Waals surface area (Å²) in [5.74, 6) is 6.43. The summed E-state index contributed by atoms with van der Waals surface area (Å²) >= 11 is 0. The van der Waals surface area contributed by atoms with E-state index in [0.717, 1.165) is 25.9 Å². The molecule has 0 aromatic carbocycles. The van der Waals surface area contributed by atoms with E-state index in [0.29, 0.717) is 25.7 Å². The maximum absolute atomic E-state index is 12.1. The highest BCUT2D eigenvalue weighted by atomic mass is 32.2. The molecule has 0 bridgehead atoms. The number of hydrogen-bond acceptors (Lipinski definition) is 3. The number of nitrogens with one attached hydrogen (secondary N) is 1. The molecule has 1 heterocycles. The van der Waals surface area contributed by atoms with Gasteiger partial charge in [-0.25, -0.2) is 8.51 Å². The van der Waals surface area contributed by atoms with Gasteiger partial charge in [-0.1, -0.05) is 25.7 Å². The van der Waals surface area contributed by atoms with Crippen LogP contribution in [0.25, 0.3) is 0 Å². The lowest BCUT2D eigenvalue weighted by molar-refractivity contribution is -0.126. The third-order valence-electron chi connectivity index (χ3n) is 3.59. The van der Waals surface area contributed by atoms with Gasteiger partial charge >= 0.3 is 0 Å². The number of ether oxygens (including phenoxy) is 1. The third-order valence-corrected chi connectivity index (χ3v) is 5.27. The van der Waals surface area contributed by atoms with Crippen molar-refractivity contribution in [2.24, 2.45) is 11.8 Å². The Hall–Kier alpha value is -0.900. The van der Waals surface area contributed by atoms with Crippen molar-refractivity contribution in [3.8, 4) is 11.8 Å². The second kappa shape index (κ2) is 10.8. The van der Waals surface area contributed by atoms with Crippen LogP contribution < -0.4 is 5.32 Å². The minimum absolute atomic E-state index is 0.0242. The number of amides is 1. The van der Waals surface area contributed by atoms with Crippen molar-refractivity contribution >= 4 is 16.9 Å². The van der Waals surface area contributed by atoms with Gasteiger partial charge in [-0.3, -0.25) is 4.79 Å². The zero-order valence-electron chi connectivity index (χ0n) is 14.8. The van der Waals surface area contributed by atoms with Crippen LogP contribution in [0.2, 0.25) is 0 Å². The van der Waals surface area contributed by atoms with Crippen LogP contribution in [0.1, 0.15) is 40.5 Å². The molecule has 0 radical (unpaired) electrons. The molecule has 1 saturated heterocycles. The molecule has 5 nitrogen and oxygen atoms in total. The second-order valence-corrected chi connectivity index (χ2v) is 8.36. The van der Waals surface area contributed by atoms with Crippen LogP contribution in [0.3, 0.4) is 0 Å². The van der Waals surface area contributed by atoms with Crippen molar-refractivity contribution < 1.29 is 13.7 Å². The van der Waals surface area contributed by atoms with Crippen LogP contribution in [0, 0.1) is 23.7 Å². The molecule has 132 valence electrons. The number of hydrogen-bond donors (Lipinski definition) is 1. The molecule has 0 spiro atoms. The van der Waals surface area contributed by atoms with E-state index in [2.05, 4.69) is 17.2 Å². The average Bonchev–Trinajstić information content (AvgIpc) is 2.52. The molecular formula is C17H30N2O3S. The maximum Gasteiger partial charge on any atom is 0.223 e. The fourth-order valence-corrected chi connectivity index (χ4v) is 3.52. The molecule has 0 saturated carbocycles. The highest BCUT2D eigenvalue weighted by Crippen LogP contribution is 2.19. The summed E-state index contributed by atoms with van der Waals surface area (Å²) in [5.41, 5.74) is 0. The second-order valence-electron chi connectivity index (χ2n) is 6.35. The van der Waals surface area contributed by atoms with Crippen LogP contribution in [0.4, 0.5) is 0 Å². The van der Waals surface area contributed by atoms with Crippen LogP contribution >= 0.6 is 0 Å². The first-order valence-corrected chi connectivity index (χ1v) is 9.58. The van der Waals surface area contributed by atoms with Gasteiger partial charge in [0.15, 0.2) is 0 Å². The Morgan fingerprint density at radius 1 is 1.30 bits per heavy atom. The highest BCUT2D eigenvalue weighted by molar-refractivity contribution is 7.83. The van der Waals surface area contributed by atoms with E-state index >= 15 is 0 Å². The van der Waals surface area contributed by atoms with Crippen LogP contribution in [0.5, 0.6) is 0 Å². The highest BCUT2D eigenvalue weighted by Gasteiger charge is 2.27. The summed E-state index contributed by atoms with van der Waals surface area (Å²) in [6.45, 7) is 10.8. The van der Waals surface area contributed by atoms with Crippen molar-refractivity contribution in [3.63, 3.8) is 0 Å². The normalized spacial score (nSPS) is 17.8. The summed E-state index contributed by atoms with van der Waals surface area (Å²) in [5, 5.41) is 3.05. The maximum atomic E-state index is 12.1. The summed E-state index contributed by atoms with van der Waals surface area (Å²) in [7, 11) is -0.931. The van der Waals surface area contributed by atoms with Gasteiger partial charge in [0, 0.05) is 36.7 Å². The SMILES string of the molecule is CC(C)C#CCOCCNC(=O)C1CCN(S(=O)C(C)C)CC1. The van der Waals surface area contributed by atoms with E-state index < -0.39 is 11.0 Å². The largest absolute Gasteiger partial charge is 0.367 e. The molecule has 1 aliphatic rings.